The minimum atomic E-state index is -3.20. The van der Waals surface area contributed by atoms with Crippen LogP contribution in [-0.2, 0) is 26.5 Å². The summed E-state index contributed by atoms with van der Waals surface area (Å²) in [6.45, 7) is 4.67. The van der Waals surface area contributed by atoms with E-state index >= 15 is 0 Å². The van der Waals surface area contributed by atoms with Gasteiger partial charge < -0.3 is 13.9 Å². The SMILES string of the molecule is CC1(C)c2cccnc2N(c2[c-]c([Si](c3[c-]c4c(cc3)c3ccccc3n3ccnc43)(c3ccccc3)c3ccccc3)ccc2)c2c1ccc1c3ccccc3n(-c3ccccc3)c21.[Pt+2]. The zero-order chi connectivity index (χ0) is 43.3. The van der Waals surface area contributed by atoms with Crippen LogP contribution in [0.5, 0.6) is 0 Å². The standard InChI is InChI=1S/C59H41N5Si.Pt/c1-59(2)51-34-33-49-48-27-13-15-30-54(48)63(40-18-6-3-7-19-40)55(49)56(51)64(58-52(59)28-17-35-60-58)41-20-16-25-44(38-41)65(42-21-8-4-9-22-42,43-23-10-5-11-24-43)45-31-32-46-47-26-12-14-29-53(47)62-37-36-61-57(62)50(46)39-45;/h3-37H,1-2H3;/q-2;+2. The second kappa shape index (κ2) is 15.4. The van der Waals surface area contributed by atoms with Gasteiger partial charge >= 0.3 is 21.1 Å². The number of rotatable bonds is 6. The molecule has 1 aliphatic heterocycles. The fourth-order valence-corrected chi connectivity index (χ4v) is 15.5. The maximum Gasteiger partial charge on any atom is 2.00 e. The van der Waals surface area contributed by atoms with Crippen LogP contribution >= 0.6 is 0 Å². The molecule has 0 atom stereocenters. The van der Waals surface area contributed by atoms with E-state index in [1.165, 1.54) is 37.7 Å². The Labute approximate surface area is 398 Å². The first-order chi connectivity index (χ1) is 32.0. The third-order valence-corrected chi connectivity index (χ3v) is 18.5. The van der Waals surface area contributed by atoms with Gasteiger partial charge in [0, 0.05) is 51.5 Å². The van der Waals surface area contributed by atoms with Crippen LogP contribution < -0.4 is 25.6 Å². The molecule has 5 heterocycles. The Kier molecular flexibility index (Phi) is 9.35. The van der Waals surface area contributed by atoms with Crippen molar-refractivity contribution in [2.45, 2.75) is 19.3 Å². The van der Waals surface area contributed by atoms with Crippen molar-refractivity contribution < 1.29 is 21.1 Å². The molecule has 7 heteroatoms. The number of hydrogen-bond donors (Lipinski definition) is 0. The topological polar surface area (TPSA) is 38.4 Å². The minimum absolute atomic E-state index is 0. The van der Waals surface area contributed by atoms with E-state index in [4.69, 9.17) is 9.97 Å². The van der Waals surface area contributed by atoms with Gasteiger partial charge in [-0.3, -0.25) is 4.98 Å². The van der Waals surface area contributed by atoms with Crippen LogP contribution in [0.15, 0.2) is 213 Å². The largest absolute Gasteiger partial charge is 2.00 e. The maximum absolute atomic E-state index is 5.28. The van der Waals surface area contributed by atoms with Gasteiger partial charge in [-0.2, -0.15) is 23.4 Å². The zero-order valence-electron chi connectivity index (χ0n) is 36.3. The molecule has 316 valence electrons. The summed E-state index contributed by atoms with van der Waals surface area (Å²) in [6, 6.07) is 79.0. The van der Waals surface area contributed by atoms with Gasteiger partial charge in [0.15, 0.2) is 0 Å². The summed E-state index contributed by atoms with van der Waals surface area (Å²) >= 11 is 0. The smallest absolute Gasteiger partial charge is 0.340 e. The van der Waals surface area contributed by atoms with Crippen molar-refractivity contribution in [2.75, 3.05) is 4.90 Å². The Morgan fingerprint density at radius 1 is 0.500 bits per heavy atom. The molecule has 0 spiro atoms. The number of aromatic nitrogens is 4. The molecule has 66 heavy (non-hydrogen) atoms. The summed E-state index contributed by atoms with van der Waals surface area (Å²) in [5, 5.41) is 10.5. The summed E-state index contributed by atoms with van der Waals surface area (Å²) in [5.41, 5.74) is 9.54. The van der Waals surface area contributed by atoms with Crippen LogP contribution in [0.25, 0.3) is 54.8 Å². The Bertz CT molecular complexity index is 3780. The summed E-state index contributed by atoms with van der Waals surface area (Å²) in [4.78, 5) is 12.6. The molecule has 0 radical (unpaired) electrons. The van der Waals surface area contributed by atoms with Gasteiger partial charge in [0.2, 0.25) is 0 Å². The van der Waals surface area contributed by atoms with E-state index < -0.39 is 8.07 Å². The van der Waals surface area contributed by atoms with Crippen LogP contribution in [-0.4, -0.2) is 27.0 Å². The van der Waals surface area contributed by atoms with Crippen LogP contribution in [0, 0.1) is 12.1 Å². The molecule has 0 aliphatic carbocycles. The number of anilines is 3. The van der Waals surface area contributed by atoms with Gasteiger partial charge in [-0.1, -0.05) is 158 Å². The summed E-state index contributed by atoms with van der Waals surface area (Å²) < 4.78 is 4.65. The van der Waals surface area contributed by atoms with E-state index in [2.05, 4.69) is 240 Å². The Balaban J connectivity index is 0.00000456. The summed E-state index contributed by atoms with van der Waals surface area (Å²) in [6.07, 6.45) is 5.89. The van der Waals surface area contributed by atoms with E-state index in [9.17, 15) is 0 Å². The molecule has 13 rings (SSSR count). The second-order valence-electron chi connectivity index (χ2n) is 17.6. The van der Waals surface area contributed by atoms with Gasteiger partial charge in [-0.25, -0.2) is 4.98 Å². The number of fused-ring (bicyclic) bond motifs is 12. The number of nitrogens with zero attached hydrogens (tertiary/aromatic N) is 5. The quantitative estimate of drug-likeness (QED) is 0.0721. The molecule has 1 aliphatic rings. The second-order valence-corrected chi connectivity index (χ2v) is 21.3. The van der Waals surface area contributed by atoms with Crippen LogP contribution in [0.1, 0.15) is 25.0 Å². The first-order valence-corrected chi connectivity index (χ1v) is 24.3. The Hall–Kier alpha value is -7.37. The van der Waals surface area contributed by atoms with Gasteiger partial charge in [0.05, 0.1) is 22.4 Å². The predicted octanol–water partition coefficient (Wildman–Crippen LogP) is 11.2. The van der Waals surface area contributed by atoms with Crippen molar-refractivity contribution in [3.63, 3.8) is 0 Å². The molecule has 0 bridgehead atoms. The van der Waals surface area contributed by atoms with Crippen LogP contribution in [0.3, 0.4) is 0 Å². The average molecular weight is 1040 g/mol. The molecule has 0 saturated carbocycles. The molecular formula is C59H41N5PtSi. The van der Waals surface area contributed by atoms with Gasteiger partial charge in [0.1, 0.15) is 13.9 Å². The van der Waals surface area contributed by atoms with E-state index in [1.807, 2.05) is 12.4 Å². The van der Waals surface area contributed by atoms with Gasteiger partial charge in [-0.15, -0.1) is 34.8 Å². The minimum Gasteiger partial charge on any atom is -0.340 e. The number of pyridine rings is 2. The van der Waals surface area contributed by atoms with Gasteiger partial charge in [-0.05, 0) is 51.7 Å². The molecule has 0 fully saturated rings. The van der Waals surface area contributed by atoms with Crippen molar-refractivity contribution in [3.8, 4) is 5.69 Å². The molecule has 12 aromatic rings. The summed E-state index contributed by atoms with van der Waals surface area (Å²) in [5.74, 6) is 0.910. The maximum atomic E-state index is 5.28. The van der Waals surface area contributed by atoms with E-state index in [0.29, 0.717) is 0 Å². The number of hydrogen-bond acceptors (Lipinski definition) is 3. The fourth-order valence-electron chi connectivity index (χ4n) is 11.0. The third-order valence-electron chi connectivity index (χ3n) is 13.9. The number of para-hydroxylation sites is 3. The van der Waals surface area contributed by atoms with Crippen molar-refractivity contribution in [2.24, 2.45) is 0 Å². The Morgan fingerprint density at radius 3 is 1.88 bits per heavy atom. The van der Waals surface area contributed by atoms with Gasteiger partial charge in [0.25, 0.3) is 0 Å². The number of benzene rings is 8. The molecule has 0 amide bonds. The average Bonchev–Trinajstić information content (AvgIpc) is 4.00. The predicted molar refractivity (Wildman–Crippen MR) is 270 cm³/mol. The number of imidazole rings is 1. The zero-order valence-corrected chi connectivity index (χ0v) is 39.5. The summed E-state index contributed by atoms with van der Waals surface area (Å²) in [7, 11) is -3.20. The first kappa shape index (κ1) is 40.2. The van der Waals surface area contributed by atoms with E-state index in [0.717, 1.165) is 66.2 Å². The normalized spacial score (nSPS) is 13.3. The van der Waals surface area contributed by atoms with Crippen molar-refractivity contribution in [3.05, 3.63) is 236 Å². The molecule has 0 unspecified atom stereocenters. The van der Waals surface area contributed by atoms with Crippen molar-refractivity contribution >= 4 is 95.1 Å². The van der Waals surface area contributed by atoms with E-state index in [-0.39, 0.29) is 26.5 Å². The molecule has 0 N–H and O–H groups in total. The van der Waals surface area contributed by atoms with Crippen LogP contribution in [0.2, 0.25) is 0 Å². The molecule has 4 aromatic heterocycles. The molecular weight excluding hydrogens is 1000 g/mol. The fraction of sp³-hybridized carbons (Fsp3) is 0.0508. The van der Waals surface area contributed by atoms with E-state index in [1.54, 1.807) is 0 Å². The first-order valence-electron chi connectivity index (χ1n) is 22.3. The van der Waals surface area contributed by atoms with Crippen molar-refractivity contribution in [1.82, 2.24) is 18.9 Å². The molecule has 0 saturated heterocycles. The third kappa shape index (κ3) is 5.68. The monoisotopic (exact) mass is 1040 g/mol. The van der Waals surface area contributed by atoms with Crippen LogP contribution in [0.4, 0.5) is 17.2 Å². The molecule has 5 nitrogen and oxygen atoms in total. The van der Waals surface area contributed by atoms with Crippen molar-refractivity contribution in [1.29, 1.82) is 0 Å². The molecule has 8 aromatic carbocycles. The Morgan fingerprint density at radius 2 is 1.14 bits per heavy atom.